The smallest absolute Gasteiger partial charge is 0.0845 e. The van der Waals surface area contributed by atoms with Gasteiger partial charge in [-0.2, -0.15) is 0 Å². The van der Waals surface area contributed by atoms with Gasteiger partial charge in [-0.15, -0.1) is 6.42 Å². The first-order valence-electron chi connectivity index (χ1n) is 3.87. The van der Waals surface area contributed by atoms with E-state index in [1.165, 1.54) is 0 Å². The maximum absolute atomic E-state index is 5.23. The predicted molar refractivity (Wildman–Crippen MR) is 50.9 cm³/mol. The molecular formula is C10H12N2. The summed E-state index contributed by atoms with van der Waals surface area (Å²) in [6.07, 6.45) is 6.99. The SMILES string of the molecule is C#CC(C)Nc1ccnc(C)c1. The van der Waals surface area contributed by atoms with Gasteiger partial charge in [0.1, 0.15) is 0 Å². The van der Waals surface area contributed by atoms with Crippen LogP contribution in [0.5, 0.6) is 0 Å². The Kier molecular flexibility index (Phi) is 2.71. The average molecular weight is 160 g/mol. The van der Waals surface area contributed by atoms with Crippen LogP contribution in [0.1, 0.15) is 12.6 Å². The summed E-state index contributed by atoms with van der Waals surface area (Å²) >= 11 is 0. The van der Waals surface area contributed by atoms with Gasteiger partial charge < -0.3 is 5.32 Å². The third-order valence-electron chi connectivity index (χ3n) is 1.53. The molecule has 2 heteroatoms. The Morgan fingerprint density at radius 3 is 3.00 bits per heavy atom. The predicted octanol–water partition coefficient (Wildman–Crippen LogP) is 1.82. The highest BCUT2D eigenvalue weighted by molar-refractivity contribution is 5.45. The normalized spacial score (nSPS) is 11.8. The number of anilines is 1. The van der Waals surface area contributed by atoms with E-state index in [4.69, 9.17) is 6.42 Å². The molecular weight excluding hydrogens is 148 g/mol. The summed E-state index contributed by atoms with van der Waals surface area (Å²) in [6, 6.07) is 3.93. The van der Waals surface area contributed by atoms with Gasteiger partial charge in [0, 0.05) is 17.6 Å². The van der Waals surface area contributed by atoms with Crippen LogP contribution in [0.3, 0.4) is 0 Å². The van der Waals surface area contributed by atoms with E-state index in [1.807, 2.05) is 26.0 Å². The highest BCUT2D eigenvalue weighted by Gasteiger charge is 1.96. The van der Waals surface area contributed by atoms with Crippen molar-refractivity contribution in [2.45, 2.75) is 19.9 Å². The van der Waals surface area contributed by atoms with Gasteiger partial charge in [0.05, 0.1) is 6.04 Å². The topological polar surface area (TPSA) is 24.9 Å². The number of terminal acetylenes is 1. The number of rotatable bonds is 2. The molecule has 0 fully saturated rings. The van der Waals surface area contributed by atoms with Crippen LogP contribution >= 0.6 is 0 Å². The molecule has 1 rings (SSSR count). The molecule has 2 nitrogen and oxygen atoms in total. The van der Waals surface area contributed by atoms with Gasteiger partial charge in [0.15, 0.2) is 0 Å². The molecule has 1 N–H and O–H groups in total. The minimum Gasteiger partial charge on any atom is -0.372 e. The van der Waals surface area contributed by atoms with Gasteiger partial charge in [-0.25, -0.2) is 0 Å². The molecule has 0 aliphatic rings. The molecule has 1 atom stereocenters. The van der Waals surface area contributed by atoms with Gasteiger partial charge in [-0.05, 0) is 26.0 Å². The lowest BCUT2D eigenvalue weighted by Gasteiger charge is -2.08. The van der Waals surface area contributed by atoms with Crippen molar-refractivity contribution in [2.75, 3.05) is 5.32 Å². The molecule has 1 unspecified atom stereocenters. The second kappa shape index (κ2) is 3.77. The monoisotopic (exact) mass is 160 g/mol. The highest BCUT2D eigenvalue weighted by atomic mass is 14.9. The van der Waals surface area contributed by atoms with E-state index in [0.717, 1.165) is 11.4 Å². The zero-order chi connectivity index (χ0) is 8.97. The molecule has 0 bridgehead atoms. The summed E-state index contributed by atoms with van der Waals surface area (Å²) in [5.74, 6) is 2.60. The molecule has 0 aromatic carbocycles. The van der Waals surface area contributed by atoms with Crippen LogP contribution in [-0.4, -0.2) is 11.0 Å². The standard InChI is InChI=1S/C10H12N2/c1-4-8(2)12-10-5-6-11-9(3)7-10/h1,5-8H,2-3H3,(H,11,12). The maximum atomic E-state index is 5.23. The number of hydrogen-bond acceptors (Lipinski definition) is 2. The van der Waals surface area contributed by atoms with Crippen molar-refractivity contribution in [1.82, 2.24) is 4.98 Å². The molecule has 1 aromatic heterocycles. The fraction of sp³-hybridized carbons (Fsp3) is 0.300. The quantitative estimate of drug-likeness (QED) is 0.667. The van der Waals surface area contributed by atoms with Crippen LogP contribution in [0.4, 0.5) is 5.69 Å². The summed E-state index contributed by atoms with van der Waals surface area (Å²) in [6.45, 7) is 3.89. The molecule has 0 aliphatic carbocycles. The lowest BCUT2D eigenvalue weighted by atomic mass is 10.3. The van der Waals surface area contributed by atoms with Gasteiger partial charge in [-0.3, -0.25) is 4.98 Å². The molecule has 0 aliphatic heterocycles. The van der Waals surface area contributed by atoms with E-state index in [2.05, 4.69) is 16.2 Å². The number of aromatic nitrogens is 1. The number of aryl methyl sites for hydroxylation is 1. The first-order chi connectivity index (χ1) is 5.72. The third kappa shape index (κ3) is 2.28. The fourth-order valence-electron chi connectivity index (χ4n) is 0.927. The summed E-state index contributed by atoms with van der Waals surface area (Å²) in [5, 5.41) is 3.16. The van der Waals surface area contributed by atoms with E-state index in [0.29, 0.717) is 0 Å². The highest BCUT2D eigenvalue weighted by Crippen LogP contribution is 2.07. The second-order valence-corrected chi connectivity index (χ2v) is 2.72. The molecule has 12 heavy (non-hydrogen) atoms. The van der Waals surface area contributed by atoms with E-state index in [-0.39, 0.29) is 6.04 Å². The molecule has 0 radical (unpaired) electrons. The summed E-state index contributed by atoms with van der Waals surface area (Å²) in [7, 11) is 0. The van der Waals surface area contributed by atoms with Crippen molar-refractivity contribution < 1.29 is 0 Å². The Morgan fingerprint density at radius 1 is 1.67 bits per heavy atom. The van der Waals surface area contributed by atoms with Gasteiger partial charge >= 0.3 is 0 Å². The minimum absolute atomic E-state index is 0.0619. The van der Waals surface area contributed by atoms with E-state index in [9.17, 15) is 0 Å². The Morgan fingerprint density at radius 2 is 2.42 bits per heavy atom. The zero-order valence-corrected chi connectivity index (χ0v) is 7.33. The molecule has 0 amide bonds. The molecule has 0 spiro atoms. The van der Waals surface area contributed by atoms with Crippen molar-refractivity contribution in [3.63, 3.8) is 0 Å². The Balaban J connectivity index is 2.71. The number of nitrogens with zero attached hydrogens (tertiary/aromatic N) is 1. The lowest BCUT2D eigenvalue weighted by Crippen LogP contribution is -2.11. The Hall–Kier alpha value is -1.49. The van der Waals surface area contributed by atoms with Gasteiger partial charge in [0.2, 0.25) is 0 Å². The Labute approximate surface area is 73.0 Å². The number of pyridine rings is 1. The van der Waals surface area contributed by atoms with Crippen LogP contribution < -0.4 is 5.32 Å². The largest absolute Gasteiger partial charge is 0.372 e. The number of hydrogen-bond donors (Lipinski definition) is 1. The summed E-state index contributed by atoms with van der Waals surface area (Å²) in [4.78, 5) is 4.08. The van der Waals surface area contributed by atoms with Crippen LogP contribution in [0.25, 0.3) is 0 Å². The third-order valence-corrected chi connectivity index (χ3v) is 1.53. The first-order valence-corrected chi connectivity index (χ1v) is 3.87. The van der Waals surface area contributed by atoms with E-state index >= 15 is 0 Å². The van der Waals surface area contributed by atoms with Gasteiger partial charge in [-0.1, -0.05) is 5.92 Å². The summed E-state index contributed by atoms with van der Waals surface area (Å²) < 4.78 is 0. The van der Waals surface area contributed by atoms with Crippen molar-refractivity contribution >= 4 is 5.69 Å². The van der Waals surface area contributed by atoms with Crippen molar-refractivity contribution in [3.8, 4) is 12.3 Å². The maximum Gasteiger partial charge on any atom is 0.0845 e. The van der Waals surface area contributed by atoms with Crippen molar-refractivity contribution in [2.24, 2.45) is 0 Å². The second-order valence-electron chi connectivity index (χ2n) is 2.72. The van der Waals surface area contributed by atoms with Crippen LogP contribution in [-0.2, 0) is 0 Å². The fourth-order valence-corrected chi connectivity index (χ4v) is 0.927. The van der Waals surface area contributed by atoms with E-state index < -0.39 is 0 Å². The first kappa shape index (κ1) is 8.61. The molecule has 0 saturated carbocycles. The Bertz CT molecular complexity index is 299. The minimum atomic E-state index is 0.0619. The number of nitrogens with one attached hydrogen (secondary N) is 1. The lowest BCUT2D eigenvalue weighted by molar-refractivity contribution is 1.03. The van der Waals surface area contributed by atoms with Gasteiger partial charge in [0.25, 0.3) is 0 Å². The van der Waals surface area contributed by atoms with Crippen molar-refractivity contribution in [1.29, 1.82) is 0 Å². The molecule has 1 heterocycles. The van der Waals surface area contributed by atoms with E-state index in [1.54, 1.807) is 6.20 Å². The zero-order valence-electron chi connectivity index (χ0n) is 7.33. The van der Waals surface area contributed by atoms with Crippen LogP contribution in [0.2, 0.25) is 0 Å². The molecule has 0 saturated heterocycles. The summed E-state index contributed by atoms with van der Waals surface area (Å²) in [5.41, 5.74) is 2.01. The average Bonchev–Trinajstić information content (AvgIpc) is 2.04. The van der Waals surface area contributed by atoms with Crippen LogP contribution in [0, 0.1) is 19.3 Å². The molecule has 1 aromatic rings. The van der Waals surface area contributed by atoms with Crippen molar-refractivity contribution in [3.05, 3.63) is 24.0 Å². The molecule has 62 valence electrons. The van der Waals surface area contributed by atoms with Crippen LogP contribution in [0.15, 0.2) is 18.3 Å².